The van der Waals surface area contributed by atoms with Crippen molar-refractivity contribution in [3.8, 4) is 0 Å². The lowest BCUT2D eigenvalue weighted by atomic mass is 10.2. The number of nitro groups is 1. The summed E-state index contributed by atoms with van der Waals surface area (Å²) in [5, 5.41) is 25.2. The summed E-state index contributed by atoms with van der Waals surface area (Å²) in [6, 6.07) is 0.841. The first-order valence-electron chi connectivity index (χ1n) is 5.88. The van der Waals surface area contributed by atoms with Crippen molar-refractivity contribution >= 4 is 23.4 Å². The molecule has 1 aromatic heterocycles. The van der Waals surface area contributed by atoms with Crippen LogP contribution in [0.5, 0.6) is 0 Å². The molecular formula is C11H12N4O5. The van der Waals surface area contributed by atoms with E-state index in [1.54, 1.807) is 0 Å². The summed E-state index contributed by atoms with van der Waals surface area (Å²) in [5.41, 5.74) is -0.661. The number of hydrogen-bond acceptors (Lipinski definition) is 6. The lowest BCUT2D eigenvalue weighted by Crippen LogP contribution is -2.32. The first kappa shape index (κ1) is 13.7. The van der Waals surface area contributed by atoms with Gasteiger partial charge in [0.15, 0.2) is 0 Å². The number of amides is 1. The van der Waals surface area contributed by atoms with Crippen LogP contribution in [0.2, 0.25) is 0 Å². The Kier molecular flexibility index (Phi) is 3.78. The van der Waals surface area contributed by atoms with E-state index >= 15 is 0 Å². The van der Waals surface area contributed by atoms with Crippen LogP contribution in [0.1, 0.15) is 23.2 Å². The monoisotopic (exact) mass is 280 g/mol. The molecule has 9 heteroatoms. The zero-order valence-corrected chi connectivity index (χ0v) is 10.3. The number of aromatic carboxylic acids is 1. The molecule has 3 N–H and O–H groups in total. The Morgan fingerprint density at radius 1 is 1.65 bits per heavy atom. The summed E-state index contributed by atoms with van der Waals surface area (Å²) in [5.74, 6) is -1.35. The standard InChI is InChI=1S/C11H12N4O5/c16-9-2-1-7(14-9)5-13-10-8(15(19)20)3-6(4-12-10)11(17)18/h3-4,7H,1-2,5H2,(H,12,13)(H,14,16)(H,17,18). The highest BCUT2D eigenvalue weighted by Crippen LogP contribution is 2.23. The van der Waals surface area contributed by atoms with Crippen molar-refractivity contribution in [1.82, 2.24) is 10.3 Å². The predicted molar refractivity (Wildman–Crippen MR) is 67.5 cm³/mol. The molecule has 0 radical (unpaired) electrons. The molecule has 1 atom stereocenters. The van der Waals surface area contributed by atoms with Gasteiger partial charge in [0, 0.05) is 31.3 Å². The molecule has 1 aliphatic rings. The smallest absolute Gasteiger partial charge is 0.337 e. The van der Waals surface area contributed by atoms with Crippen molar-refractivity contribution in [2.45, 2.75) is 18.9 Å². The van der Waals surface area contributed by atoms with Gasteiger partial charge in [-0.3, -0.25) is 14.9 Å². The number of pyridine rings is 1. The van der Waals surface area contributed by atoms with Crippen molar-refractivity contribution in [2.24, 2.45) is 0 Å². The molecule has 1 aromatic rings. The number of carboxylic acid groups (broad SMARTS) is 1. The summed E-state index contributed by atoms with van der Waals surface area (Å²) >= 11 is 0. The van der Waals surface area contributed by atoms with E-state index < -0.39 is 16.6 Å². The summed E-state index contributed by atoms with van der Waals surface area (Å²) in [7, 11) is 0. The molecule has 2 heterocycles. The molecule has 20 heavy (non-hydrogen) atoms. The second kappa shape index (κ2) is 5.51. The van der Waals surface area contributed by atoms with Crippen LogP contribution in [0.15, 0.2) is 12.3 Å². The number of aromatic nitrogens is 1. The van der Waals surface area contributed by atoms with Crippen molar-refractivity contribution in [2.75, 3.05) is 11.9 Å². The van der Waals surface area contributed by atoms with Gasteiger partial charge in [0.25, 0.3) is 0 Å². The number of nitrogens with zero attached hydrogens (tertiary/aromatic N) is 2. The average Bonchev–Trinajstić information content (AvgIpc) is 2.81. The van der Waals surface area contributed by atoms with E-state index in [9.17, 15) is 19.7 Å². The van der Waals surface area contributed by atoms with Crippen molar-refractivity contribution in [3.63, 3.8) is 0 Å². The molecule has 1 fully saturated rings. The Morgan fingerprint density at radius 2 is 2.40 bits per heavy atom. The van der Waals surface area contributed by atoms with Gasteiger partial charge in [-0.05, 0) is 6.42 Å². The molecule has 1 unspecified atom stereocenters. The largest absolute Gasteiger partial charge is 0.478 e. The van der Waals surface area contributed by atoms with Crippen LogP contribution in [0.3, 0.4) is 0 Å². The Hall–Kier alpha value is -2.71. The molecule has 1 saturated heterocycles. The van der Waals surface area contributed by atoms with Crippen molar-refractivity contribution in [1.29, 1.82) is 0 Å². The minimum Gasteiger partial charge on any atom is -0.478 e. The van der Waals surface area contributed by atoms with E-state index in [1.165, 1.54) is 0 Å². The third kappa shape index (κ3) is 2.99. The molecule has 106 valence electrons. The maximum atomic E-state index is 11.0. The summed E-state index contributed by atoms with van der Waals surface area (Å²) < 4.78 is 0. The summed E-state index contributed by atoms with van der Waals surface area (Å²) in [6.07, 6.45) is 2.12. The summed E-state index contributed by atoms with van der Waals surface area (Å²) in [4.78, 5) is 35.8. The predicted octanol–water partition coefficient (Wildman–Crippen LogP) is 0.378. The van der Waals surface area contributed by atoms with E-state index in [2.05, 4.69) is 15.6 Å². The molecule has 9 nitrogen and oxygen atoms in total. The zero-order chi connectivity index (χ0) is 14.7. The van der Waals surface area contributed by atoms with Gasteiger partial charge in [-0.1, -0.05) is 0 Å². The fourth-order valence-electron chi connectivity index (χ4n) is 1.90. The number of rotatable bonds is 5. The third-order valence-corrected chi connectivity index (χ3v) is 2.91. The van der Waals surface area contributed by atoms with Gasteiger partial charge in [-0.25, -0.2) is 9.78 Å². The Balaban J connectivity index is 2.12. The number of carbonyl (C=O) groups is 2. The van der Waals surface area contributed by atoms with Crippen LogP contribution in [-0.2, 0) is 4.79 Å². The van der Waals surface area contributed by atoms with Crippen LogP contribution in [0.25, 0.3) is 0 Å². The van der Waals surface area contributed by atoms with Crippen LogP contribution in [0, 0.1) is 10.1 Å². The number of anilines is 1. The van der Waals surface area contributed by atoms with Gasteiger partial charge in [0.05, 0.1) is 10.5 Å². The van der Waals surface area contributed by atoms with Crippen LogP contribution in [-0.4, -0.2) is 39.5 Å². The van der Waals surface area contributed by atoms with E-state index in [0.29, 0.717) is 19.4 Å². The maximum absolute atomic E-state index is 11.0. The minimum absolute atomic E-state index is 0.0128. The van der Waals surface area contributed by atoms with Crippen molar-refractivity contribution in [3.05, 3.63) is 27.9 Å². The highest BCUT2D eigenvalue weighted by atomic mass is 16.6. The SMILES string of the molecule is O=C1CCC(CNc2ncc(C(=O)O)cc2[N+](=O)[O-])N1. The normalized spacial score (nSPS) is 17.6. The Morgan fingerprint density at radius 3 is 2.95 bits per heavy atom. The molecule has 0 saturated carbocycles. The average molecular weight is 280 g/mol. The highest BCUT2D eigenvalue weighted by molar-refractivity contribution is 5.88. The first-order valence-corrected chi connectivity index (χ1v) is 5.88. The highest BCUT2D eigenvalue weighted by Gasteiger charge is 2.23. The fraction of sp³-hybridized carbons (Fsp3) is 0.364. The Labute approximate surface area is 113 Å². The van der Waals surface area contributed by atoms with Gasteiger partial charge in [-0.15, -0.1) is 0 Å². The zero-order valence-electron chi connectivity index (χ0n) is 10.3. The van der Waals surface area contributed by atoms with E-state index in [4.69, 9.17) is 5.11 Å². The van der Waals surface area contributed by atoms with Crippen LogP contribution < -0.4 is 10.6 Å². The topological polar surface area (TPSA) is 134 Å². The van der Waals surface area contributed by atoms with Gasteiger partial charge >= 0.3 is 11.7 Å². The van der Waals surface area contributed by atoms with Gasteiger partial charge in [0.2, 0.25) is 11.7 Å². The van der Waals surface area contributed by atoms with Crippen LogP contribution in [0.4, 0.5) is 11.5 Å². The lowest BCUT2D eigenvalue weighted by Gasteiger charge is -2.11. The second-order valence-corrected chi connectivity index (χ2v) is 4.34. The Bertz CT molecular complexity index is 574. The quantitative estimate of drug-likeness (QED) is 0.524. The summed E-state index contributed by atoms with van der Waals surface area (Å²) in [6.45, 7) is 0.298. The molecule has 1 amide bonds. The number of nitrogens with one attached hydrogen (secondary N) is 2. The van der Waals surface area contributed by atoms with E-state index in [0.717, 1.165) is 12.3 Å². The first-order chi connectivity index (χ1) is 9.47. The van der Waals surface area contributed by atoms with E-state index in [-0.39, 0.29) is 23.3 Å². The van der Waals surface area contributed by atoms with E-state index in [1.807, 2.05) is 0 Å². The van der Waals surface area contributed by atoms with Gasteiger partial charge < -0.3 is 15.7 Å². The molecule has 1 aliphatic heterocycles. The molecule has 0 aromatic carbocycles. The third-order valence-electron chi connectivity index (χ3n) is 2.91. The molecule has 0 bridgehead atoms. The molecule has 0 spiro atoms. The van der Waals surface area contributed by atoms with Crippen LogP contribution >= 0.6 is 0 Å². The molecular weight excluding hydrogens is 268 g/mol. The fourth-order valence-corrected chi connectivity index (χ4v) is 1.90. The lowest BCUT2D eigenvalue weighted by molar-refractivity contribution is -0.384. The number of hydrogen-bond donors (Lipinski definition) is 3. The van der Waals surface area contributed by atoms with Gasteiger partial charge in [0.1, 0.15) is 0 Å². The van der Waals surface area contributed by atoms with Gasteiger partial charge in [-0.2, -0.15) is 0 Å². The molecule has 2 rings (SSSR count). The number of carbonyl (C=O) groups excluding carboxylic acids is 1. The molecule has 0 aliphatic carbocycles. The number of carboxylic acids is 1. The van der Waals surface area contributed by atoms with Crippen molar-refractivity contribution < 1.29 is 19.6 Å². The second-order valence-electron chi connectivity index (χ2n) is 4.34. The maximum Gasteiger partial charge on any atom is 0.337 e. The minimum atomic E-state index is -1.28.